The van der Waals surface area contributed by atoms with Crippen molar-refractivity contribution in [1.29, 1.82) is 0 Å². The molecule has 0 fully saturated rings. The molecule has 1 aromatic heterocycles. The Balaban J connectivity index is 2.02. The summed E-state index contributed by atoms with van der Waals surface area (Å²) >= 11 is 1.39. The van der Waals surface area contributed by atoms with E-state index in [-0.39, 0.29) is 12.6 Å². The number of aldehydes is 1. The molecule has 20 heavy (non-hydrogen) atoms. The fourth-order valence-electron chi connectivity index (χ4n) is 1.62. The number of esters is 1. The number of benzene rings is 1. The third-order valence-electron chi connectivity index (χ3n) is 2.80. The second-order valence-corrected chi connectivity index (χ2v) is 5.88. The second-order valence-electron chi connectivity index (χ2n) is 5.02. The third kappa shape index (κ3) is 3.30. The fourth-order valence-corrected chi connectivity index (χ4v) is 2.49. The fraction of sp³-hybridized carbons (Fsp3) is 0.267. The maximum Gasteiger partial charge on any atom is 0.338 e. The number of aromatic nitrogens is 1. The zero-order chi connectivity index (χ0) is 14.6. The van der Waals surface area contributed by atoms with Gasteiger partial charge in [-0.15, -0.1) is 11.3 Å². The summed E-state index contributed by atoms with van der Waals surface area (Å²) in [5.41, 5.74) is 0.514. The van der Waals surface area contributed by atoms with Gasteiger partial charge in [0, 0.05) is 5.38 Å². The molecular weight excluding hydrogens is 274 g/mol. The van der Waals surface area contributed by atoms with Gasteiger partial charge in [-0.3, -0.25) is 4.79 Å². The van der Waals surface area contributed by atoms with Crippen LogP contribution in [0, 0.1) is 0 Å². The van der Waals surface area contributed by atoms with E-state index in [2.05, 4.69) is 4.98 Å². The van der Waals surface area contributed by atoms with E-state index in [1.54, 1.807) is 29.6 Å². The molecule has 0 saturated carbocycles. The maximum atomic E-state index is 11.9. The molecule has 2 aromatic rings. The largest absolute Gasteiger partial charge is 0.461 e. The van der Waals surface area contributed by atoms with E-state index in [1.807, 2.05) is 19.9 Å². The van der Waals surface area contributed by atoms with Gasteiger partial charge in [-0.1, -0.05) is 32.0 Å². The number of carbonyl (C=O) groups is 2. The lowest BCUT2D eigenvalue weighted by Gasteiger charge is -2.21. The summed E-state index contributed by atoms with van der Waals surface area (Å²) in [5, 5.41) is 2.48. The molecule has 5 heteroatoms. The summed E-state index contributed by atoms with van der Waals surface area (Å²) < 4.78 is 5.33. The highest BCUT2D eigenvalue weighted by Crippen LogP contribution is 2.26. The van der Waals surface area contributed by atoms with Crippen molar-refractivity contribution in [2.45, 2.75) is 19.3 Å². The second kappa shape index (κ2) is 5.96. The van der Waals surface area contributed by atoms with Crippen molar-refractivity contribution >= 4 is 23.6 Å². The topological polar surface area (TPSA) is 56.3 Å². The first-order chi connectivity index (χ1) is 9.53. The highest BCUT2D eigenvalue weighted by Gasteiger charge is 2.26. The number of carbonyl (C=O) groups excluding carboxylic acids is 2. The highest BCUT2D eigenvalue weighted by atomic mass is 32.1. The quantitative estimate of drug-likeness (QED) is 0.627. The summed E-state index contributed by atoms with van der Waals surface area (Å²) in [7, 11) is 0. The van der Waals surface area contributed by atoms with Crippen LogP contribution < -0.4 is 0 Å². The minimum absolute atomic E-state index is 0.215. The van der Waals surface area contributed by atoms with Crippen LogP contribution in [0.3, 0.4) is 0 Å². The van der Waals surface area contributed by atoms with E-state index >= 15 is 0 Å². The summed E-state index contributed by atoms with van der Waals surface area (Å²) in [6, 6.07) is 8.85. The van der Waals surface area contributed by atoms with Crippen LogP contribution in [-0.4, -0.2) is 23.8 Å². The van der Waals surface area contributed by atoms with Gasteiger partial charge in [0.1, 0.15) is 17.3 Å². The van der Waals surface area contributed by atoms with E-state index in [0.717, 1.165) is 5.01 Å². The molecule has 4 nitrogen and oxygen atoms in total. The van der Waals surface area contributed by atoms with Crippen LogP contribution in [-0.2, 0) is 10.2 Å². The predicted molar refractivity (Wildman–Crippen MR) is 77.3 cm³/mol. The van der Waals surface area contributed by atoms with Crippen molar-refractivity contribution in [2.24, 2.45) is 0 Å². The van der Waals surface area contributed by atoms with Crippen LogP contribution in [0.4, 0.5) is 0 Å². The van der Waals surface area contributed by atoms with Crippen LogP contribution >= 0.6 is 11.3 Å². The molecule has 0 aliphatic rings. The summed E-state index contributed by atoms with van der Waals surface area (Å²) in [6.07, 6.45) is 0.714. The monoisotopic (exact) mass is 289 g/mol. The molecule has 0 atom stereocenters. The lowest BCUT2D eigenvalue weighted by atomic mass is 9.96. The Kier molecular flexibility index (Phi) is 4.29. The maximum absolute atomic E-state index is 11.9. The van der Waals surface area contributed by atoms with Gasteiger partial charge in [-0.25, -0.2) is 9.78 Å². The first kappa shape index (κ1) is 14.4. The zero-order valence-corrected chi connectivity index (χ0v) is 12.1. The van der Waals surface area contributed by atoms with Gasteiger partial charge in [-0.2, -0.15) is 0 Å². The van der Waals surface area contributed by atoms with Gasteiger partial charge >= 0.3 is 5.97 Å². The van der Waals surface area contributed by atoms with Crippen LogP contribution in [0.15, 0.2) is 35.7 Å². The standard InChI is InChI=1S/C15H15NO3S/c1-15(2,14-16-12(8-17)9-20-14)10-19-13(18)11-6-4-3-5-7-11/h3-9H,10H2,1-2H3. The van der Waals surface area contributed by atoms with E-state index in [4.69, 9.17) is 4.74 Å². The molecular formula is C15H15NO3S. The molecule has 0 unspecified atom stereocenters. The number of nitrogens with zero attached hydrogens (tertiary/aromatic N) is 1. The predicted octanol–water partition coefficient (Wildman–Crippen LogP) is 3.09. The van der Waals surface area contributed by atoms with E-state index in [9.17, 15) is 9.59 Å². The Labute approximate surface area is 121 Å². The van der Waals surface area contributed by atoms with E-state index in [0.29, 0.717) is 17.5 Å². The van der Waals surface area contributed by atoms with Crippen molar-refractivity contribution in [2.75, 3.05) is 6.61 Å². The molecule has 0 radical (unpaired) electrons. The molecule has 1 aromatic carbocycles. The number of rotatable bonds is 5. The van der Waals surface area contributed by atoms with Crippen molar-refractivity contribution in [3.63, 3.8) is 0 Å². The molecule has 0 saturated heterocycles. The molecule has 2 rings (SSSR count). The molecule has 0 aliphatic carbocycles. The molecule has 0 aliphatic heterocycles. The van der Waals surface area contributed by atoms with Gasteiger partial charge in [0.2, 0.25) is 0 Å². The Morgan fingerprint density at radius 2 is 2.05 bits per heavy atom. The van der Waals surface area contributed by atoms with E-state index in [1.165, 1.54) is 11.3 Å². The molecule has 0 bridgehead atoms. The van der Waals surface area contributed by atoms with Gasteiger partial charge in [0.25, 0.3) is 0 Å². The summed E-state index contributed by atoms with van der Waals surface area (Å²) in [6.45, 7) is 4.07. The molecule has 1 heterocycles. The van der Waals surface area contributed by atoms with Gasteiger partial charge in [0.05, 0.1) is 11.0 Å². The van der Waals surface area contributed by atoms with Crippen LogP contribution in [0.2, 0.25) is 0 Å². The van der Waals surface area contributed by atoms with Crippen LogP contribution in [0.1, 0.15) is 39.7 Å². The zero-order valence-electron chi connectivity index (χ0n) is 11.3. The lowest BCUT2D eigenvalue weighted by molar-refractivity contribution is 0.0426. The van der Waals surface area contributed by atoms with Crippen molar-refractivity contribution < 1.29 is 14.3 Å². The SMILES string of the molecule is CC(C)(COC(=O)c1ccccc1)c1nc(C=O)cs1. The Morgan fingerprint density at radius 3 is 2.65 bits per heavy atom. The van der Waals surface area contributed by atoms with Gasteiger partial charge in [0.15, 0.2) is 6.29 Å². The number of hydrogen-bond acceptors (Lipinski definition) is 5. The highest BCUT2D eigenvalue weighted by molar-refractivity contribution is 7.10. The summed E-state index contributed by atoms with van der Waals surface area (Å²) in [5.74, 6) is -0.356. The third-order valence-corrected chi connectivity index (χ3v) is 4.02. The number of ether oxygens (including phenoxy) is 1. The first-order valence-electron chi connectivity index (χ1n) is 6.16. The molecule has 0 amide bonds. The molecule has 0 spiro atoms. The Morgan fingerprint density at radius 1 is 1.35 bits per heavy atom. The van der Waals surface area contributed by atoms with E-state index < -0.39 is 5.41 Å². The van der Waals surface area contributed by atoms with Gasteiger partial charge < -0.3 is 4.74 Å². The average Bonchev–Trinajstić information content (AvgIpc) is 2.95. The van der Waals surface area contributed by atoms with Gasteiger partial charge in [-0.05, 0) is 12.1 Å². The minimum atomic E-state index is -0.420. The van der Waals surface area contributed by atoms with Crippen LogP contribution in [0.5, 0.6) is 0 Å². The number of thiazole rings is 1. The molecule has 0 N–H and O–H groups in total. The van der Waals surface area contributed by atoms with Crippen molar-refractivity contribution in [3.8, 4) is 0 Å². The van der Waals surface area contributed by atoms with Crippen LogP contribution in [0.25, 0.3) is 0 Å². The Bertz CT molecular complexity index is 605. The smallest absolute Gasteiger partial charge is 0.338 e. The average molecular weight is 289 g/mol. The first-order valence-corrected chi connectivity index (χ1v) is 7.04. The lowest BCUT2D eigenvalue weighted by Crippen LogP contribution is -2.26. The Hall–Kier alpha value is -2.01. The normalized spacial score (nSPS) is 11.1. The summed E-state index contributed by atoms with van der Waals surface area (Å²) in [4.78, 5) is 26.8. The number of hydrogen-bond donors (Lipinski definition) is 0. The van der Waals surface area contributed by atoms with Crippen molar-refractivity contribution in [1.82, 2.24) is 4.98 Å². The van der Waals surface area contributed by atoms with Crippen molar-refractivity contribution in [3.05, 3.63) is 52.0 Å². The molecule has 104 valence electrons. The minimum Gasteiger partial charge on any atom is -0.461 e.